The fourth-order valence-electron chi connectivity index (χ4n) is 0.566. The summed E-state index contributed by atoms with van der Waals surface area (Å²) >= 11 is 0. The van der Waals surface area contributed by atoms with Crippen LogP contribution < -0.4 is 0 Å². The molecule has 0 aromatic heterocycles. The Morgan fingerprint density at radius 2 is 1.14 bits per heavy atom. The van der Waals surface area contributed by atoms with Crippen molar-refractivity contribution in [1.82, 2.24) is 9.27 Å². The number of hydrogen-bond donors (Lipinski definition) is 0. The van der Waals surface area contributed by atoms with Crippen molar-refractivity contribution in [3.63, 3.8) is 0 Å². The van der Waals surface area contributed by atoms with Crippen molar-refractivity contribution in [3.05, 3.63) is 0 Å². The average Bonchev–Trinajstić information content (AvgIpc) is 1.27. The molecule has 0 spiro atoms. The molecule has 0 amide bonds. The Labute approximate surface area is 49.6 Å². The second kappa shape index (κ2) is 3.27. The lowest BCUT2D eigenvalue weighted by molar-refractivity contribution is 0.999. The Hall–Kier alpha value is 0.245. The Morgan fingerprint density at radius 3 is 1.14 bits per heavy atom. The lowest BCUT2D eigenvalue weighted by Gasteiger charge is -2.14. The zero-order valence-corrected chi connectivity index (χ0v) is 5.60. The highest BCUT2D eigenvalue weighted by atomic mass is 15.0. The highest BCUT2D eigenvalue weighted by Gasteiger charge is 1.92. The van der Waals surface area contributed by atoms with Gasteiger partial charge in [0, 0.05) is 0 Å². The van der Waals surface area contributed by atoms with Crippen molar-refractivity contribution in [2.45, 2.75) is 0 Å². The maximum absolute atomic E-state index is 2.12. The molecule has 34 valence electrons. The van der Waals surface area contributed by atoms with Gasteiger partial charge in [-0.15, -0.1) is 0 Å². The monoisotopic (exact) mass is 92.1 g/mol. The van der Waals surface area contributed by atoms with Crippen LogP contribution in [0.2, 0.25) is 0 Å². The standard InChI is InChI=1S/B5H9N2/c1-6(2)5-7(3)4/h5H,1-4H2. The van der Waals surface area contributed by atoms with Gasteiger partial charge in [0.05, 0.1) is 0 Å². The van der Waals surface area contributed by atoms with Crippen LogP contribution in [-0.4, -0.2) is 48.7 Å². The van der Waals surface area contributed by atoms with Crippen molar-refractivity contribution >= 4 is 39.5 Å². The zero-order valence-electron chi connectivity index (χ0n) is 5.60. The Bertz CT molecular complexity index is 35.3. The first-order valence-corrected chi connectivity index (χ1v) is 2.42. The van der Waals surface area contributed by atoms with E-state index in [9.17, 15) is 0 Å². The summed E-state index contributed by atoms with van der Waals surface area (Å²) in [5, 5.41) is 0. The van der Waals surface area contributed by atoms with Crippen molar-refractivity contribution in [2.24, 2.45) is 0 Å². The minimum absolute atomic E-state index is 1.03. The molecule has 0 unspecified atom stereocenters. The van der Waals surface area contributed by atoms with E-state index in [1.807, 2.05) is 0 Å². The first kappa shape index (κ1) is 7.24. The predicted molar refractivity (Wildman–Crippen MR) is 45.0 cm³/mol. The van der Waals surface area contributed by atoms with Gasteiger partial charge < -0.3 is 9.27 Å². The summed E-state index contributed by atoms with van der Waals surface area (Å²) < 4.78 is 4.25. The first-order valence-electron chi connectivity index (χ1n) is 2.42. The van der Waals surface area contributed by atoms with Gasteiger partial charge in [0.2, 0.25) is 7.55 Å². The van der Waals surface area contributed by atoms with Gasteiger partial charge in [-0.3, -0.25) is 0 Å². The third-order valence-electron chi connectivity index (χ3n) is 0.566. The summed E-state index contributed by atoms with van der Waals surface area (Å²) in [6.07, 6.45) is 0. The average molecular weight is 91.1 g/mol. The molecule has 0 heterocycles. The molecule has 7 heavy (non-hydrogen) atoms. The quantitative estimate of drug-likeness (QED) is 0.314. The smallest absolute Gasteiger partial charge is 0.244 e. The van der Waals surface area contributed by atoms with Crippen LogP contribution in [0.25, 0.3) is 0 Å². The number of hydrogen-bond acceptors (Lipinski definition) is 2. The summed E-state index contributed by atoms with van der Waals surface area (Å²) in [4.78, 5) is 0. The Morgan fingerprint density at radius 1 is 0.857 bits per heavy atom. The van der Waals surface area contributed by atoms with Crippen molar-refractivity contribution < 1.29 is 0 Å². The molecule has 0 saturated carbocycles. The van der Waals surface area contributed by atoms with Crippen molar-refractivity contribution in [3.8, 4) is 0 Å². The minimum atomic E-state index is 1.03. The molecule has 0 saturated heterocycles. The lowest BCUT2D eigenvalue weighted by Crippen LogP contribution is -2.35. The summed E-state index contributed by atoms with van der Waals surface area (Å²) in [5.74, 6) is 0. The maximum Gasteiger partial charge on any atom is 0.244 e. The largest absolute Gasteiger partial charge is 0.429 e. The van der Waals surface area contributed by atoms with E-state index in [1.54, 1.807) is 0 Å². The van der Waals surface area contributed by atoms with E-state index in [-0.39, 0.29) is 0 Å². The summed E-state index contributed by atoms with van der Waals surface area (Å²) in [6.45, 7) is 0. The number of rotatable bonds is 2. The molecular weight excluding hydrogens is 82.1 g/mol. The van der Waals surface area contributed by atoms with E-state index in [0.29, 0.717) is 0 Å². The second-order valence-corrected chi connectivity index (χ2v) is 2.30. The van der Waals surface area contributed by atoms with E-state index >= 15 is 0 Å². The molecule has 0 rings (SSSR count). The predicted octanol–water partition coefficient (Wildman–Crippen LogP) is -4.95. The van der Waals surface area contributed by atoms with Crippen LogP contribution in [0.1, 0.15) is 0 Å². The summed E-state index contributed by atoms with van der Waals surface area (Å²) in [6, 6.07) is 0. The lowest BCUT2D eigenvalue weighted by atomic mass is 9.85. The molecule has 2 nitrogen and oxygen atoms in total. The van der Waals surface area contributed by atoms with Gasteiger partial charge in [-0.1, -0.05) is 0 Å². The zero-order chi connectivity index (χ0) is 5.86. The molecule has 0 radical (unpaired) electrons. The Balaban J connectivity index is 2.95. The van der Waals surface area contributed by atoms with Crippen LogP contribution in [0, 0.1) is 0 Å². The first-order chi connectivity index (χ1) is 3.13. The summed E-state index contributed by atoms with van der Waals surface area (Å²) in [5.41, 5.74) is 0. The van der Waals surface area contributed by atoms with Crippen molar-refractivity contribution in [1.29, 1.82) is 0 Å². The number of nitrogens with zero attached hydrogens (tertiary/aromatic N) is 2. The molecule has 0 aliphatic rings. The highest BCUT2D eigenvalue weighted by Crippen LogP contribution is 1.65. The van der Waals surface area contributed by atoms with Crippen LogP contribution in [0.5, 0.6) is 0 Å². The third-order valence-corrected chi connectivity index (χ3v) is 0.566. The van der Waals surface area contributed by atoms with Gasteiger partial charge in [-0.05, 0) is 0 Å². The van der Waals surface area contributed by atoms with Gasteiger partial charge >= 0.3 is 0 Å². The van der Waals surface area contributed by atoms with Gasteiger partial charge in [0.15, 0.2) is 31.9 Å². The third kappa shape index (κ3) is 6.24. The van der Waals surface area contributed by atoms with Gasteiger partial charge in [-0.25, -0.2) is 0 Å². The van der Waals surface area contributed by atoms with E-state index < -0.39 is 0 Å². The van der Waals surface area contributed by atoms with Gasteiger partial charge in [-0.2, -0.15) is 0 Å². The van der Waals surface area contributed by atoms with Crippen molar-refractivity contribution in [2.75, 3.05) is 0 Å². The molecule has 0 aromatic rings. The fourth-order valence-corrected chi connectivity index (χ4v) is 0.566. The van der Waals surface area contributed by atoms with E-state index in [0.717, 1.165) is 7.55 Å². The second-order valence-electron chi connectivity index (χ2n) is 2.30. The highest BCUT2D eigenvalue weighted by molar-refractivity contribution is 6.60. The molecule has 0 aliphatic heterocycles. The van der Waals surface area contributed by atoms with E-state index in [4.69, 9.17) is 0 Å². The normalized spacial score (nSPS) is 10.0. The van der Waals surface area contributed by atoms with E-state index in [2.05, 4.69) is 41.2 Å². The SMILES string of the molecule is BN(B)BN(B)B. The topological polar surface area (TPSA) is 6.48 Å². The summed E-state index contributed by atoms with van der Waals surface area (Å²) in [7, 11) is 9.25. The van der Waals surface area contributed by atoms with Gasteiger partial charge in [0.25, 0.3) is 0 Å². The fraction of sp³-hybridized carbons (Fsp3) is 0. The van der Waals surface area contributed by atoms with E-state index in [1.165, 1.54) is 0 Å². The maximum atomic E-state index is 2.12. The Kier molecular flexibility index (Phi) is 3.39. The molecule has 0 atom stereocenters. The molecule has 7 heteroatoms. The molecule has 0 N–H and O–H groups in total. The molecule has 0 aliphatic carbocycles. The van der Waals surface area contributed by atoms with Crippen LogP contribution in [0.4, 0.5) is 0 Å². The van der Waals surface area contributed by atoms with Gasteiger partial charge in [0.1, 0.15) is 0 Å². The molecular formula is H9B5N2. The van der Waals surface area contributed by atoms with Crippen LogP contribution >= 0.6 is 0 Å². The molecule has 0 bridgehead atoms. The van der Waals surface area contributed by atoms with Crippen LogP contribution in [-0.2, 0) is 0 Å². The molecule has 0 fully saturated rings. The van der Waals surface area contributed by atoms with Crippen LogP contribution in [0.3, 0.4) is 0 Å². The minimum Gasteiger partial charge on any atom is -0.429 e. The molecule has 0 aromatic carbocycles. The van der Waals surface area contributed by atoms with Crippen LogP contribution in [0.15, 0.2) is 0 Å².